The summed E-state index contributed by atoms with van der Waals surface area (Å²) in [6.07, 6.45) is 4.65. The minimum Gasteiger partial charge on any atom is -0.355 e. The Morgan fingerprint density at radius 3 is 2.39 bits per heavy atom. The van der Waals surface area contributed by atoms with E-state index in [0.717, 1.165) is 38.3 Å². The van der Waals surface area contributed by atoms with E-state index in [1.807, 2.05) is 6.07 Å². The summed E-state index contributed by atoms with van der Waals surface area (Å²) in [6, 6.07) is 4.25. The van der Waals surface area contributed by atoms with Gasteiger partial charge in [-0.1, -0.05) is 37.3 Å². The van der Waals surface area contributed by atoms with Crippen molar-refractivity contribution in [2.45, 2.75) is 45.6 Å². The molecule has 0 saturated heterocycles. The van der Waals surface area contributed by atoms with E-state index < -0.39 is 0 Å². The van der Waals surface area contributed by atoms with Crippen LogP contribution < -0.4 is 4.90 Å². The van der Waals surface area contributed by atoms with Crippen molar-refractivity contribution in [2.75, 3.05) is 31.6 Å². The molecule has 1 aromatic heterocycles. The molecule has 1 aromatic rings. The fraction of sp³-hybridized carbons (Fsp3) is 0.667. The van der Waals surface area contributed by atoms with Crippen molar-refractivity contribution in [3.63, 3.8) is 0 Å². The number of nitrogens with zero attached hydrogens (tertiary/aromatic N) is 4. The Hall–Kier alpha value is -1.31. The Morgan fingerprint density at radius 1 is 1.13 bits per heavy atom. The predicted octanol–water partition coefficient (Wildman–Crippen LogP) is 3.47. The highest BCUT2D eigenvalue weighted by Gasteiger charge is 2.24. The van der Waals surface area contributed by atoms with Crippen LogP contribution in [-0.2, 0) is 0 Å². The molecule has 126 valence electrons. The third-order valence-electron chi connectivity index (χ3n) is 4.73. The van der Waals surface area contributed by atoms with Crippen LogP contribution >= 0.6 is 11.6 Å². The van der Waals surface area contributed by atoms with Crippen molar-refractivity contribution >= 4 is 17.4 Å². The zero-order valence-electron chi connectivity index (χ0n) is 14.4. The van der Waals surface area contributed by atoms with Crippen molar-refractivity contribution in [3.8, 4) is 11.8 Å². The third-order valence-corrected chi connectivity index (χ3v) is 4.93. The summed E-state index contributed by atoms with van der Waals surface area (Å²) >= 11 is 5.80. The first kappa shape index (κ1) is 18.0. The van der Waals surface area contributed by atoms with Crippen LogP contribution in [0.15, 0.2) is 12.1 Å². The lowest BCUT2D eigenvalue weighted by molar-refractivity contribution is 0.341. The molecular weight excluding hydrogens is 308 g/mol. The summed E-state index contributed by atoms with van der Waals surface area (Å²) in [7, 11) is 2.09. The summed E-state index contributed by atoms with van der Waals surface area (Å²) < 4.78 is 0. The number of hydrogen-bond acceptors (Lipinski definition) is 4. The minimum atomic E-state index is 0.439. The van der Waals surface area contributed by atoms with E-state index in [9.17, 15) is 0 Å². The molecule has 0 aliphatic heterocycles. The number of anilines is 1. The van der Waals surface area contributed by atoms with Crippen LogP contribution in [0.1, 0.15) is 39.5 Å². The second kappa shape index (κ2) is 9.10. The van der Waals surface area contributed by atoms with Crippen LogP contribution in [0.3, 0.4) is 0 Å². The van der Waals surface area contributed by atoms with Gasteiger partial charge in [0.25, 0.3) is 0 Å². The van der Waals surface area contributed by atoms with E-state index in [-0.39, 0.29) is 0 Å². The summed E-state index contributed by atoms with van der Waals surface area (Å²) in [6.45, 7) is 7.42. The highest BCUT2D eigenvalue weighted by atomic mass is 35.5. The van der Waals surface area contributed by atoms with Crippen molar-refractivity contribution < 1.29 is 0 Å². The Kier molecular flexibility index (Phi) is 7.14. The molecule has 0 amide bonds. The third kappa shape index (κ3) is 5.37. The quantitative estimate of drug-likeness (QED) is 0.772. The lowest BCUT2D eigenvalue weighted by Gasteiger charge is -2.33. The number of aromatic nitrogens is 2. The van der Waals surface area contributed by atoms with Crippen LogP contribution in [-0.4, -0.2) is 47.8 Å². The fourth-order valence-electron chi connectivity index (χ4n) is 3.04. The maximum atomic E-state index is 5.80. The molecule has 1 aliphatic carbocycles. The van der Waals surface area contributed by atoms with Gasteiger partial charge in [0.15, 0.2) is 11.0 Å². The SMILES string of the molecule is CCN(CC)CC#CC1CCC(N(C)c2ccc(Cl)nn2)CC1. The first-order valence-electron chi connectivity index (χ1n) is 8.56. The Morgan fingerprint density at radius 2 is 1.83 bits per heavy atom. The van der Waals surface area contributed by atoms with E-state index in [4.69, 9.17) is 11.6 Å². The van der Waals surface area contributed by atoms with Gasteiger partial charge < -0.3 is 4.90 Å². The predicted molar refractivity (Wildman–Crippen MR) is 96.8 cm³/mol. The van der Waals surface area contributed by atoms with Crippen LogP contribution in [0.2, 0.25) is 5.15 Å². The van der Waals surface area contributed by atoms with Gasteiger partial charge in [-0.25, -0.2) is 0 Å². The standard InChI is InChI=1S/C18H27ClN4/c1-4-23(5-2)14-6-7-15-8-10-16(11-9-15)22(3)18-13-12-17(19)20-21-18/h12-13,15-16H,4-5,8-11,14H2,1-3H3. The van der Waals surface area contributed by atoms with Crippen LogP contribution in [0.4, 0.5) is 5.82 Å². The molecule has 0 unspecified atom stereocenters. The highest BCUT2D eigenvalue weighted by molar-refractivity contribution is 6.29. The molecule has 1 aliphatic rings. The number of rotatable bonds is 5. The van der Waals surface area contributed by atoms with Gasteiger partial charge in [-0.05, 0) is 50.9 Å². The molecule has 1 heterocycles. The molecule has 0 atom stereocenters. The molecular formula is C18H27ClN4. The van der Waals surface area contributed by atoms with Gasteiger partial charge in [0.2, 0.25) is 0 Å². The topological polar surface area (TPSA) is 32.3 Å². The molecule has 5 heteroatoms. The molecule has 0 spiro atoms. The Balaban J connectivity index is 1.81. The lowest BCUT2D eigenvalue weighted by Crippen LogP contribution is -2.35. The monoisotopic (exact) mass is 334 g/mol. The van der Waals surface area contributed by atoms with Crippen molar-refractivity contribution in [2.24, 2.45) is 5.92 Å². The highest BCUT2D eigenvalue weighted by Crippen LogP contribution is 2.28. The lowest BCUT2D eigenvalue weighted by atomic mass is 9.86. The van der Waals surface area contributed by atoms with Gasteiger partial charge in [-0.3, -0.25) is 4.90 Å². The largest absolute Gasteiger partial charge is 0.355 e. The zero-order chi connectivity index (χ0) is 16.7. The summed E-state index contributed by atoms with van der Waals surface area (Å²) in [4.78, 5) is 4.58. The normalized spacial score (nSPS) is 20.9. The average Bonchev–Trinajstić information content (AvgIpc) is 2.59. The smallest absolute Gasteiger partial charge is 0.151 e. The van der Waals surface area contributed by atoms with Crippen LogP contribution in [0, 0.1) is 17.8 Å². The first-order chi connectivity index (χ1) is 11.1. The Bertz CT molecular complexity index is 522. The molecule has 1 fully saturated rings. The van der Waals surface area contributed by atoms with E-state index in [1.54, 1.807) is 6.07 Å². The van der Waals surface area contributed by atoms with E-state index in [1.165, 1.54) is 12.8 Å². The van der Waals surface area contributed by atoms with Crippen LogP contribution in [0.25, 0.3) is 0 Å². The Labute approximate surface area is 145 Å². The van der Waals surface area contributed by atoms with E-state index >= 15 is 0 Å². The first-order valence-corrected chi connectivity index (χ1v) is 8.94. The molecule has 1 saturated carbocycles. The second-order valence-corrected chi connectivity index (χ2v) is 6.50. The molecule has 23 heavy (non-hydrogen) atoms. The molecule has 2 rings (SSSR count). The van der Waals surface area contributed by atoms with Crippen molar-refractivity contribution in [3.05, 3.63) is 17.3 Å². The zero-order valence-corrected chi connectivity index (χ0v) is 15.2. The minimum absolute atomic E-state index is 0.439. The van der Waals surface area contributed by atoms with E-state index in [2.05, 4.69) is 52.7 Å². The van der Waals surface area contributed by atoms with Gasteiger partial charge in [0.05, 0.1) is 6.54 Å². The fourth-order valence-corrected chi connectivity index (χ4v) is 3.14. The van der Waals surface area contributed by atoms with Crippen molar-refractivity contribution in [1.29, 1.82) is 0 Å². The van der Waals surface area contributed by atoms with Gasteiger partial charge >= 0.3 is 0 Å². The number of halogens is 1. The van der Waals surface area contributed by atoms with Crippen molar-refractivity contribution in [1.82, 2.24) is 15.1 Å². The molecule has 0 radical (unpaired) electrons. The van der Waals surface area contributed by atoms with Crippen LogP contribution in [0.5, 0.6) is 0 Å². The van der Waals surface area contributed by atoms with Gasteiger partial charge in [0, 0.05) is 19.0 Å². The molecule has 0 bridgehead atoms. The van der Waals surface area contributed by atoms with Gasteiger partial charge in [-0.15, -0.1) is 10.2 Å². The molecule has 0 N–H and O–H groups in total. The molecule has 4 nitrogen and oxygen atoms in total. The maximum Gasteiger partial charge on any atom is 0.151 e. The number of hydrogen-bond donors (Lipinski definition) is 0. The summed E-state index contributed by atoms with van der Waals surface area (Å²) in [5.41, 5.74) is 0. The summed E-state index contributed by atoms with van der Waals surface area (Å²) in [5.74, 6) is 8.28. The molecule has 0 aromatic carbocycles. The van der Waals surface area contributed by atoms with Gasteiger partial charge in [0.1, 0.15) is 0 Å². The second-order valence-electron chi connectivity index (χ2n) is 6.11. The van der Waals surface area contributed by atoms with Gasteiger partial charge in [-0.2, -0.15) is 0 Å². The maximum absolute atomic E-state index is 5.80. The van der Waals surface area contributed by atoms with E-state index in [0.29, 0.717) is 17.1 Å². The average molecular weight is 335 g/mol. The summed E-state index contributed by atoms with van der Waals surface area (Å²) in [5, 5.41) is 8.54.